The van der Waals surface area contributed by atoms with Gasteiger partial charge in [0.2, 0.25) is 10.0 Å². The van der Waals surface area contributed by atoms with Crippen LogP contribution in [0.3, 0.4) is 0 Å². The molecule has 1 atom stereocenters. The Morgan fingerprint density at radius 1 is 0.962 bits per heavy atom. The summed E-state index contributed by atoms with van der Waals surface area (Å²) in [6.07, 6.45) is 2.55. The summed E-state index contributed by atoms with van der Waals surface area (Å²) in [6.45, 7) is 2.43. The summed E-state index contributed by atoms with van der Waals surface area (Å²) in [5.74, 6) is 1.31. The summed E-state index contributed by atoms with van der Waals surface area (Å²) >= 11 is 0. The van der Waals surface area contributed by atoms with Gasteiger partial charge in [-0.2, -0.15) is 4.31 Å². The number of benzene rings is 2. The van der Waals surface area contributed by atoms with Gasteiger partial charge in [0.05, 0.1) is 30.7 Å². The lowest BCUT2D eigenvalue weighted by molar-refractivity contribution is 0.243. The maximum absolute atomic E-state index is 13.3. The van der Waals surface area contributed by atoms with Crippen LogP contribution in [-0.2, 0) is 10.0 Å². The molecule has 1 saturated heterocycles. The third-order valence-electron chi connectivity index (χ3n) is 4.88. The highest BCUT2D eigenvalue weighted by molar-refractivity contribution is 7.89. The van der Waals surface area contributed by atoms with E-state index >= 15 is 0 Å². The molecule has 2 aromatic rings. The molecule has 0 saturated carbocycles. The van der Waals surface area contributed by atoms with Crippen LogP contribution in [0.5, 0.6) is 11.5 Å². The lowest BCUT2D eigenvalue weighted by Crippen LogP contribution is -2.38. The molecule has 1 aliphatic heterocycles. The number of hydrogen-bond acceptors (Lipinski definition) is 4. The van der Waals surface area contributed by atoms with E-state index in [9.17, 15) is 8.42 Å². The number of hydrogen-bond donors (Lipinski definition) is 0. The van der Waals surface area contributed by atoms with Gasteiger partial charge in [-0.1, -0.05) is 30.2 Å². The van der Waals surface area contributed by atoms with Crippen LogP contribution in [0.1, 0.15) is 36.4 Å². The first-order valence-corrected chi connectivity index (χ1v) is 10.2. The first-order valence-electron chi connectivity index (χ1n) is 8.78. The maximum atomic E-state index is 13.3. The molecule has 26 heavy (non-hydrogen) atoms. The fourth-order valence-electron chi connectivity index (χ4n) is 3.54. The van der Waals surface area contributed by atoms with Crippen molar-refractivity contribution in [3.63, 3.8) is 0 Å². The Balaban J connectivity index is 2.08. The number of aryl methyl sites for hydroxylation is 1. The molecular formula is C20H25NO4S. The van der Waals surface area contributed by atoms with Crippen molar-refractivity contribution in [2.75, 3.05) is 20.8 Å². The molecule has 1 fully saturated rings. The molecule has 0 bridgehead atoms. The van der Waals surface area contributed by atoms with Crippen LogP contribution in [-0.4, -0.2) is 33.5 Å². The van der Waals surface area contributed by atoms with Crippen molar-refractivity contribution in [2.24, 2.45) is 0 Å². The lowest BCUT2D eigenvalue weighted by Gasteiger charge is -2.36. The average Bonchev–Trinajstić information content (AvgIpc) is 2.67. The largest absolute Gasteiger partial charge is 0.496 e. The number of methoxy groups -OCH3 is 2. The third kappa shape index (κ3) is 3.44. The Morgan fingerprint density at radius 3 is 2.15 bits per heavy atom. The van der Waals surface area contributed by atoms with E-state index in [0.29, 0.717) is 22.9 Å². The topological polar surface area (TPSA) is 55.8 Å². The molecular weight excluding hydrogens is 350 g/mol. The summed E-state index contributed by atoms with van der Waals surface area (Å²) in [4.78, 5) is 0.323. The normalized spacial score (nSPS) is 18.5. The fraction of sp³-hybridized carbons (Fsp3) is 0.400. The first-order chi connectivity index (χ1) is 12.5. The predicted molar refractivity (Wildman–Crippen MR) is 101 cm³/mol. The predicted octanol–water partition coefficient (Wildman–Crippen LogP) is 3.93. The Kier molecular flexibility index (Phi) is 5.53. The van der Waals surface area contributed by atoms with Gasteiger partial charge < -0.3 is 9.47 Å². The monoisotopic (exact) mass is 375 g/mol. The molecule has 0 spiro atoms. The van der Waals surface area contributed by atoms with E-state index in [4.69, 9.17) is 9.47 Å². The minimum atomic E-state index is -3.60. The van der Waals surface area contributed by atoms with Gasteiger partial charge in [0.15, 0.2) is 0 Å². The van der Waals surface area contributed by atoms with E-state index in [0.717, 1.165) is 30.4 Å². The number of piperidine rings is 1. The molecule has 0 aliphatic carbocycles. The van der Waals surface area contributed by atoms with Gasteiger partial charge in [0.25, 0.3) is 0 Å². The highest BCUT2D eigenvalue weighted by Crippen LogP contribution is 2.43. The highest BCUT2D eigenvalue weighted by atomic mass is 32.2. The molecule has 0 aromatic heterocycles. The summed E-state index contributed by atoms with van der Waals surface area (Å²) in [5.41, 5.74) is 1.83. The molecule has 2 aromatic carbocycles. The number of nitrogens with zero attached hydrogens (tertiary/aromatic N) is 1. The maximum Gasteiger partial charge on any atom is 0.243 e. The van der Waals surface area contributed by atoms with Crippen molar-refractivity contribution in [1.82, 2.24) is 4.31 Å². The van der Waals surface area contributed by atoms with Crippen molar-refractivity contribution < 1.29 is 17.9 Å². The molecule has 140 valence electrons. The van der Waals surface area contributed by atoms with Crippen molar-refractivity contribution >= 4 is 10.0 Å². The average molecular weight is 375 g/mol. The second kappa shape index (κ2) is 7.68. The Labute approximate surface area is 155 Å². The number of rotatable bonds is 5. The van der Waals surface area contributed by atoms with E-state index in [2.05, 4.69) is 0 Å². The SMILES string of the molecule is COc1cccc(OC)c1[C@H]1CCCCN1S(=O)(=O)c1ccc(C)cc1. The zero-order valence-electron chi connectivity index (χ0n) is 15.4. The van der Waals surface area contributed by atoms with Crippen molar-refractivity contribution in [1.29, 1.82) is 0 Å². The second-order valence-electron chi connectivity index (χ2n) is 6.52. The Bertz CT molecular complexity index is 840. The molecule has 0 radical (unpaired) electrons. The fourth-order valence-corrected chi connectivity index (χ4v) is 5.20. The van der Waals surface area contributed by atoms with E-state index in [1.807, 2.05) is 37.3 Å². The van der Waals surface area contributed by atoms with Crippen LogP contribution in [0.15, 0.2) is 47.4 Å². The summed E-state index contributed by atoms with van der Waals surface area (Å²) in [7, 11) is -0.410. The smallest absolute Gasteiger partial charge is 0.243 e. The molecule has 0 N–H and O–H groups in total. The van der Waals surface area contributed by atoms with E-state index in [-0.39, 0.29) is 6.04 Å². The first kappa shape index (κ1) is 18.7. The van der Waals surface area contributed by atoms with Gasteiger partial charge in [-0.05, 0) is 44.0 Å². The molecule has 1 aliphatic rings. The molecule has 0 amide bonds. The summed E-state index contributed by atoms with van der Waals surface area (Å²) in [6, 6.07) is 12.3. The zero-order chi connectivity index (χ0) is 18.7. The van der Waals surface area contributed by atoms with Gasteiger partial charge in [-0.15, -0.1) is 0 Å². The molecule has 6 heteroatoms. The second-order valence-corrected chi connectivity index (χ2v) is 8.41. The van der Waals surface area contributed by atoms with Crippen LogP contribution in [0.25, 0.3) is 0 Å². The van der Waals surface area contributed by atoms with Crippen LogP contribution < -0.4 is 9.47 Å². The van der Waals surface area contributed by atoms with Gasteiger partial charge in [-0.25, -0.2) is 8.42 Å². The Morgan fingerprint density at radius 2 is 1.58 bits per heavy atom. The standard InChI is InChI=1S/C20H25NO4S/c1-15-10-12-16(13-11-15)26(22,23)21-14-5-4-7-17(21)20-18(24-2)8-6-9-19(20)25-3/h6,8-13,17H,4-5,7,14H2,1-3H3/t17-/m1/s1. The minimum absolute atomic E-state index is 0.304. The van der Waals surface area contributed by atoms with Crippen molar-refractivity contribution in [3.05, 3.63) is 53.6 Å². The van der Waals surface area contributed by atoms with Crippen molar-refractivity contribution in [3.8, 4) is 11.5 Å². The number of sulfonamides is 1. The van der Waals surface area contributed by atoms with Gasteiger partial charge in [0.1, 0.15) is 11.5 Å². The summed E-state index contributed by atoms with van der Waals surface area (Å²) < 4.78 is 39.3. The van der Waals surface area contributed by atoms with Crippen LogP contribution >= 0.6 is 0 Å². The van der Waals surface area contributed by atoms with E-state index < -0.39 is 10.0 Å². The lowest BCUT2D eigenvalue weighted by atomic mass is 9.96. The zero-order valence-corrected chi connectivity index (χ0v) is 16.3. The molecule has 3 rings (SSSR count). The third-order valence-corrected chi connectivity index (χ3v) is 6.80. The van der Waals surface area contributed by atoms with E-state index in [1.54, 1.807) is 30.7 Å². The van der Waals surface area contributed by atoms with Crippen LogP contribution in [0, 0.1) is 6.92 Å². The van der Waals surface area contributed by atoms with Gasteiger partial charge >= 0.3 is 0 Å². The van der Waals surface area contributed by atoms with Gasteiger partial charge in [-0.3, -0.25) is 0 Å². The van der Waals surface area contributed by atoms with Crippen LogP contribution in [0.4, 0.5) is 0 Å². The molecule has 5 nitrogen and oxygen atoms in total. The van der Waals surface area contributed by atoms with Crippen LogP contribution in [0.2, 0.25) is 0 Å². The molecule has 1 heterocycles. The highest BCUT2D eigenvalue weighted by Gasteiger charge is 2.37. The van der Waals surface area contributed by atoms with E-state index in [1.165, 1.54) is 0 Å². The van der Waals surface area contributed by atoms with Crippen molar-refractivity contribution in [2.45, 2.75) is 37.1 Å². The Hall–Kier alpha value is -2.05. The molecule has 0 unspecified atom stereocenters. The van der Waals surface area contributed by atoms with Gasteiger partial charge in [0, 0.05) is 6.54 Å². The number of ether oxygens (including phenoxy) is 2. The minimum Gasteiger partial charge on any atom is -0.496 e. The quantitative estimate of drug-likeness (QED) is 0.795. The summed E-state index contributed by atoms with van der Waals surface area (Å²) in [5, 5.41) is 0.